The van der Waals surface area contributed by atoms with Crippen LogP contribution in [0.2, 0.25) is 0 Å². The number of hydrogen-bond donors (Lipinski definition) is 3. The summed E-state index contributed by atoms with van der Waals surface area (Å²) in [5.74, 6) is -2.97. The minimum atomic E-state index is -3.10. The van der Waals surface area contributed by atoms with E-state index in [4.69, 9.17) is 4.74 Å². The standard InChI is InChI=1S/C21H30F2N6O2/c1-13-10-19(28-20(25-13)21(3,22)23)27-16-11-18(26-14(2)30)24-12-17(16)31-9-7-15-6-5-8-29(15)4/h10-12,15,19H,5-9H2,1-4H3,(H,25,28)(H2,24,26,27,30). The molecule has 8 nitrogen and oxygen atoms in total. The second-order valence-corrected chi connectivity index (χ2v) is 8.09. The van der Waals surface area contributed by atoms with Gasteiger partial charge >= 0.3 is 5.92 Å². The molecule has 10 heteroatoms. The van der Waals surface area contributed by atoms with E-state index in [0.717, 1.165) is 26.3 Å². The zero-order chi connectivity index (χ0) is 22.6. The number of aliphatic imine (C=N–C) groups is 1. The van der Waals surface area contributed by atoms with Gasteiger partial charge in [-0.1, -0.05) is 0 Å². The number of ether oxygens (including phenoxy) is 1. The third-order valence-corrected chi connectivity index (χ3v) is 5.26. The molecule has 1 aromatic heterocycles. The third kappa shape index (κ3) is 6.36. The Balaban J connectivity index is 1.77. The number of likely N-dealkylation sites (tertiary alicyclic amines) is 1. The van der Waals surface area contributed by atoms with E-state index >= 15 is 0 Å². The highest BCUT2D eigenvalue weighted by Gasteiger charge is 2.32. The first kappa shape index (κ1) is 22.9. The molecule has 2 atom stereocenters. The van der Waals surface area contributed by atoms with Crippen LogP contribution in [-0.2, 0) is 4.79 Å². The minimum absolute atomic E-state index is 0.264. The van der Waals surface area contributed by atoms with Gasteiger partial charge in [0, 0.05) is 31.7 Å². The molecular weight excluding hydrogens is 406 g/mol. The van der Waals surface area contributed by atoms with Gasteiger partial charge in [-0.3, -0.25) is 4.79 Å². The van der Waals surface area contributed by atoms with Gasteiger partial charge in [-0.2, -0.15) is 8.78 Å². The number of halogens is 2. The number of amidine groups is 1. The Hall–Kier alpha value is -2.75. The molecule has 0 radical (unpaired) electrons. The normalized spacial score (nSPS) is 21.7. The molecule has 31 heavy (non-hydrogen) atoms. The first-order valence-electron chi connectivity index (χ1n) is 10.4. The SMILES string of the molecule is CC(=O)Nc1cc(NC2C=C(C)NC(C(C)(F)F)=N2)c(OCCC2CCCN2C)cn1. The lowest BCUT2D eigenvalue weighted by atomic mass is 10.1. The molecule has 0 bridgehead atoms. The van der Waals surface area contributed by atoms with Gasteiger partial charge in [-0.15, -0.1) is 0 Å². The summed E-state index contributed by atoms with van der Waals surface area (Å²) in [5.41, 5.74) is 1.07. The lowest BCUT2D eigenvalue weighted by molar-refractivity contribution is -0.114. The van der Waals surface area contributed by atoms with E-state index in [1.54, 1.807) is 19.1 Å². The molecule has 3 rings (SSSR count). The van der Waals surface area contributed by atoms with Gasteiger partial charge in [0.1, 0.15) is 12.0 Å². The second-order valence-electron chi connectivity index (χ2n) is 8.09. The predicted octanol–water partition coefficient (Wildman–Crippen LogP) is 3.20. The summed E-state index contributed by atoms with van der Waals surface area (Å²) in [6.45, 7) is 5.46. The number of carbonyl (C=O) groups excluding carboxylic acids is 1. The van der Waals surface area contributed by atoms with Crippen molar-refractivity contribution >= 4 is 23.2 Å². The van der Waals surface area contributed by atoms with Gasteiger partial charge in [0.25, 0.3) is 0 Å². The Bertz CT molecular complexity index is 868. The molecule has 2 aliphatic heterocycles. The topological polar surface area (TPSA) is 90.9 Å². The number of aromatic nitrogens is 1. The summed E-state index contributed by atoms with van der Waals surface area (Å²) in [7, 11) is 2.11. The lowest BCUT2D eigenvalue weighted by Gasteiger charge is -2.25. The van der Waals surface area contributed by atoms with Crippen LogP contribution in [0, 0.1) is 0 Å². The number of nitrogens with zero attached hydrogens (tertiary/aromatic N) is 3. The van der Waals surface area contributed by atoms with Gasteiger partial charge < -0.3 is 25.6 Å². The highest BCUT2D eigenvalue weighted by atomic mass is 19.3. The largest absolute Gasteiger partial charge is 0.490 e. The second kappa shape index (κ2) is 9.59. The van der Waals surface area contributed by atoms with Crippen molar-refractivity contribution in [2.75, 3.05) is 30.8 Å². The smallest absolute Gasteiger partial charge is 0.301 e. The number of hydrogen-bond acceptors (Lipinski definition) is 7. The summed E-state index contributed by atoms with van der Waals surface area (Å²) in [5, 5.41) is 8.35. The zero-order valence-corrected chi connectivity index (χ0v) is 18.3. The molecule has 3 N–H and O–H groups in total. The van der Waals surface area contributed by atoms with Crippen LogP contribution in [0.25, 0.3) is 0 Å². The van der Waals surface area contributed by atoms with E-state index in [-0.39, 0.29) is 5.91 Å². The monoisotopic (exact) mass is 436 g/mol. The molecule has 1 saturated heterocycles. The van der Waals surface area contributed by atoms with Crippen molar-refractivity contribution in [3.05, 3.63) is 24.0 Å². The molecule has 170 valence electrons. The molecule has 2 unspecified atom stereocenters. The van der Waals surface area contributed by atoms with Crippen molar-refractivity contribution in [3.63, 3.8) is 0 Å². The van der Waals surface area contributed by atoms with Crippen LogP contribution < -0.4 is 20.7 Å². The van der Waals surface area contributed by atoms with Crippen molar-refractivity contribution in [1.29, 1.82) is 0 Å². The lowest BCUT2D eigenvalue weighted by Crippen LogP contribution is -2.41. The Morgan fingerprint density at radius 1 is 1.45 bits per heavy atom. The Kier molecular flexibility index (Phi) is 7.09. The van der Waals surface area contributed by atoms with E-state index < -0.39 is 17.9 Å². The number of pyridine rings is 1. The van der Waals surface area contributed by atoms with E-state index in [9.17, 15) is 13.6 Å². The number of rotatable bonds is 8. The van der Waals surface area contributed by atoms with Crippen molar-refractivity contribution in [2.24, 2.45) is 4.99 Å². The van der Waals surface area contributed by atoms with Crippen LogP contribution in [0.3, 0.4) is 0 Å². The Morgan fingerprint density at radius 2 is 2.23 bits per heavy atom. The van der Waals surface area contributed by atoms with Crippen molar-refractivity contribution < 1.29 is 18.3 Å². The van der Waals surface area contributed by atoms with Crippen molar-refractivity contribution in [2.45, 2.75) is 58.2 Å². The minimum Gasteiger partial charge on any atom is -0.490 e. The maximum absolute atomic E-state index is 13.8. The summed E-state index contributed by atoms with van der Waals surface area (Å²) in [4.78, 5) is 22.0. The average Bonchev–Trinajstić information content (AvgIpc) is 3.07. The highest BCUT2D eigenvalue weighted by Crippen LogP contribution is 2.29. The molecule has 3 heterocycles. The number of anilines is 2. The van der Waals surface area contributed by atoms with Gasteiger partial charge in [0.2, 0.25) is 5.91 Å². The predicted molar refractivity (Wildman–Crippen MR) is 117 cm³/mol. The molecule has 1 aromatic rings. The fraction of sp³-hybridized carbons (Fsp3) is 0.571. The Labute approximate surface area is 181 Å². The fourth-order valence-corrected chi connectivity index (χ4v) is 3.70. The van der Waals surface area contributed by atoms with Crippen molar-refractivity contribution in [3.8, 4) is 5.75 Å². The third-order valence-electron chi connectivity index (χ3n) is 5.26. The molecule has 1 amide bonds. The number of allylic oxidation sites excluding steroid dienone is 1. The summed E-state index contributed by atoms with van der Waals surface area (Å²) in [6.07, 6.45) is 5.70. The van der Waals surface area contributed by atoms with E-state index in [1.807, 2.05) is 0 Å². The molecule has 0 aliphatic carbocycles. The van der Waals surface area contributed by atoms with Crippen LogP contribution in [0.5, 0.6) is 5.75 Å². The van der Waals surface area contributed by atoms with Crippen LogP contribution in [0.4, 0.5) is 20.3 Å². The molecule has 1 fully saturated rings. The van der Waals surface area contributed by atoms with Crippen LogP contribution in [0.1, 0.15) is 40.0 Å². The Morgan fingerprint density at radius 3 is 2.87 bits per heavy atom. The summed E-state index contributed by atoms with van der Waals surface area (Å²) in [6, 6.07) is 2.10. The first-order valence-corrected chi connectivity index (χ1v) is 10.4. The quantitative estimate of drug-likeness (QED) is 0.580. The van der Waals surface area contributed by atoms with Crippen LogP contribution >= 0.6 is 0 Å². The van der Waals surface area contributed by atoms with E-state index in [2.05, 4.69) is 37.9 Å². The molecule has 0 spiro atoms. The summed E-state index contributed by atoms with van der Waals surface area (Å²) >= 11 is 0. The highest BCUT2D eigenvalue weighted by molar-refractivity contribution is 5.91. The van der Waals surface area contributed by atoms with Crippen LogP contribution in [-0.4, -0.2) is 60.0 Å². The molecule has 2 aliphatic rings. The maximum atomic E-state index is 13.8. The van der Waals surface area contributed by atoms with Gasteiger partial charge in [-0.05, 0) is 45.9 Å². The van der Waals surface area contributed by atoms with E-state index in [0.29, 0.717) is 35.6 Å². The first-order chi connectivity index (χ1) is 14.6. The number of alkyl halides is 2. The fourth-order valence-electron chi connectivity index (χ4n) is 3.70. The van der Waals surface area contributed by atoms with Crippen LogP contribution in [0.15, 0.2) is 29.0 Å². The average molecular weight is 437 g/mol. The zero-order valence-electron chi connectivity index (χ0n) is 18.3. The van der Waals surface area contributed by atoms with Gasteiger partial charge in [0.15, 0.2) is 11.6 Å². The van der Waals surface area contributed by atoms with Crippen molar-refractivity contribution in [1.82, 2.24) is 15.2 Å². The molecular formula is C21H30F2N6O2. The summed E-state index contributed by atoms with van der Waals surface area (Å²) < 4.78 is 33.6. The van der Waals surface area contributed by atoms with Gasteiger partial charge in [0.05, 0.1) is 18.5 Å². The molecule has 0 saturated carbocycles. The van der Waals surface area contributed by atoms with Gasteiger partial charge in [-0.25, -0.2) is 9.98 Å². The maximum Gasteiger partial charge on any atom is 0.301 e. The number of nitrogens with one attached hydrogen (secondary N) is 3. The number of carbonyl (C=O) groups is 1. The van der Waals surface area contributed by atoms with E-state index in [1.165, 1.54) is 19.5 Å². The molecule has 0 aromatic carbocycles. The number of amides is 1.